The minimum Gasteiger partial charge on any atom is -0.395 e. The highest BCUT2D eigenvalue weighted by molar-refractivity contribution is 4.57. The van der Waals surface area contributed by atoms with Gasteiger partial charge in [0.1, 0.15) is 0 Å². The van der Waals surface area contributed by atoms with Crippen LogP contribution in [-0.4, -0.2) is 118 Å². The predicted molar refractivity (Wildman–Crippen MR) is 83.9 cm³/mol. The van der Waals surface area contributed by atoms with Crippen molar-refractivity contribution in [1.29, 1.82) is 0 Å². The number of likely N-dealkylation sites (N-methyl/N-ethyl adjacent to an activating group) is 3. The van der Waals surface area contributed by atoms with Crippen LogP contribution in [0, 0.1) is 0 Å². The van der Waals surface area contributed by atoms with Crippen LogP contribution in [0.5, 0.6) is 0 Å². The lowest BCUT2D eigenvalue weighted by Gasteiger charge is -2.32. The van der Waals surface area contributed by atoms with E-state index in [2.05, 4.69) is 36.3 Å². The van der Waals surface area contributed by atoms with Gasteiger partial charge in [-0.05, 0) is 14.1 Å². The molecule has 0 aliphatic heterocycles. The molecule has 3 N–H and O–H groups in total. The second kappa shape index (κ2) is 11.4. The second-order valence-electron chi connectivity index (χ2n) is 6.19. The summed E-state index contributed by atoms with van der Waals surface area (Å²) in [5.74, 6) is 0. The van der Waals surface area contributed by atoms with Crippen LogP contribution in [0.15, 0.2) is 0 Å². The van der Waals surface area contributed by atoms with Crippen LogP contribution in [0.2, 0.25) is 0 Å². The Balaban J connectivity index is 3.71. The molecule has 0 unspecified atom stereocenters. The largest absolute Gasteiger partial charge is 0.395 e. The van der Waals surface area contributed by atoms with E-state index in [0.29, 0.717) is 6.54 Å². The maximum Gasteiger partial charge on any atom is 0.0912 e. The third kappa shape index (κ3) is 11.6. The third-order valence-corrected chi connectivity index (χ3v) is 3.61. The average Bonchev–Trinajstić information content (AvgIpc) is 2.39. The Bertz CT molecular complexity index is 227. The standard InChI is InChI=1S/C14H35N4O2/c1-16(7-8-17(2)10-14-20)9-12-18(3,4)11-5-15-6-13-19/h15,19-20H,5-14H2,1-4H3/q+1. The van der Waals surface area contributed by atoms with Gasteiger partial charge >= 0.3 is 0 Å². The van der Waals surface area contributed by atoms with E-state index < -0.39 is 0 Å². The molecule has 6 nitrogen and oxygen atoms in total. The first-order chi connectivity index (χ1) is 9.41. The smallest absolute Gasteiger partial charge is 0.0912 e. The maximum atomic E-state index is 8.85. The summed E-state index contributed by atoms with van der Waals surface area (Å²) in [4.78, 5) is 4.49. The van der Waals surface area contributed by atoms with E-state index in [1.165, 1.54) is 0 Å². The Kier molecular flexibility index (Phi) is 11.3. The van der Waals surface area contributed by atoms with E-state index >= 15 is 0 Å². The van der Waals surface area contributed by atoms with Gasteiger partial charge in [0.15, 0.2) is 0 Å². The lowest BCUT2D eigenvalue weighted by Crippen LogP contribution is -2.49. The van der Waals surface area contributed by atoms with E-state index in [4.69, 9.17) is 10.2 Å². The van der Waals surface area contributed by atoms with Crippen LogP contribution >= 0.6 is 0 Å². The summed E-state index contributed by atoms with van der Waals surface area (Å²) in [6.45, 7) is 8.06. The van der Waals surface area contributed by atoms with Gasteiger partial charge in [-0.2, -0.15) is 0 Å². The molecule has 0 aliphatic rings. The molecule has 0 aromatic rings. The number of nitrogens with zero attached hydrogens (tertiary/aromatic N) is 3. The van der Waals surface area contributed by atoms with E-state index in [9.17, 15) is 0 Å². The normalized spacial score (nSPS) is 12.6. The molecule has 0 saturated carbocycles. The fourth-order valence-electron chi connectivity index (χ4n) is 1.87. The van der Waals surface area contributed by atoms with Gasteiger partial charge < -0.3 is 24.9 Å². The van der Waals surface area contributed by atoms with Crippen molar-refractivity contribution in [2.75, 3.05) is 93.8 Å². The molecule has 20 heavy (non-hydrogen) atoms. The van der Waals surface area contributed by atoms with Crippen molar-refractivity contribution >= 4 is 0 Å². The Morgan fingerprint density at radius 2 is 1.40 bits per heavy atom. The zero-order chi connectivity index (χ0) is 15.4. The molecule has 0 atom stereocenters. The number of quaternary nitrogens is 1. The molecule has 0 aromatic heterocycles. The number of nitrogens with one attached hydrogen (secondary N) is 1. The zero-order valence-electron chi connectivity index (χ0n) is 13.8. The van der Waals surface area contributed by atoms with Crippen molar-refractivity contribution in [3.63, 3.8) is 0 Å². The van der Waals surface area contributed by atoms with Gasteiger partial charge in [0.2, 0.25) is 0 Å². The first kappa shape index (κ1) is 19.8. The fourth-order valence-corrected chi connectivity index (χ4v) is 1.87. The predicted octanol–water partition coefficient (Wildman–Crippen LogP) is -1.50. The number of aliphatic hydroxyl groups is 2. The van der Waals surface area contributed by atoms with E-state index in [1.807, 2.05) is 7.05 Å². The van der Waals surface area contributed by atoms with Crippen LogP contribution in [0.25, 0.3) is 0 Å². The van der Waals surface area contributed by atoms with Crippen LogP contribution in [0.1, 0.15) is 0 Å². The van der Waals surface area contributed by atoms with Crippen LogP contribution in [-0.2, 0) is 0 Å². The topological polar surface area (TPSA) is 59.0 Å². The molecule has 122 valence electrons. The molecular weight excluding hydrogens is 256 g/mol. The highest BCUT2D eigenvalue weighted by Crippen LogP contribution is 1.97. The molecule has 0 saturated heterocycles. The fraction of sp³-hybridized carbons (Fsp3) is 1.00. The molecule has 0 amide bonds. The summed E-state index contributed by atoms with van der Waals surface area (Å²) in [6, 6.07) is 0. The van der Waals surface area contributed by atoms with E-state index in [-0.39, 0.29) is 13.2 Å². The van der Waals surface area contributed by atoms with Gasteiger partial charge in [-0.3, -0.25) is 4.90 Å². The lowest BCUT2D eigenvalue weighted by molar-refractivity contribution is -0.888. The Morgan fingerprint density at radius 1 is 0.800 bits per heavy atom. The molecule has 0 spiro atoms. The van der Waals surface area contributed by atoms with Crippen LogP contribution in [0.4, 0.5) is 0 Å². The molecule has 0 rings (SSSR count). The van der Waals surface area contributed by atoms with Crippen LogP contribution < -0.4 is 5.32 Å². The molecule has 0 bridgehead atoms. The summed E-state index contributed by atoms with van der Waals surface area (Å²) >= 11 is 0. The van der Waals surface area contributed by atoms with Gasteiger partial charge in [0.05, 0.1) is 40.4 Å². The summed E-state index contributed by atoms with van der Waals surface area (Å²) in [5, 5.41) is 20.8. The molecule has 0 aliphatic carbocycles. The van der Waals surface area contributed by atoms with Crippen molar-refractivity contribution < 1.29 is 14.7 Å². The first-order valence-electron chi connectivity index (χ1n) is 7.53. The molecular formula is C14H35N4O2+. The van der Waals surface area contributed by atoms with Gasteiger partial charge in [-0.25, -0.2) is 0 Å². The molecule has 0 fully saturated rings. The first-order valence-corrected chi connectivity index (χ1v) is 7.53. The van der Waals surface area contributed by atoms with Gasteiger partial charge in [0.25, 0.3) is 0 Å². The number of hydrogen-bond donors (Lipinski definition) is 3. The molecule has 0 radical (unpaired) electrons. The van der Waals surface area contributed by atoms with Crippen molar-refractivity contribution in [2.24, 2.45) is 0 Å². The number of aliphatic hydroxyl groups excluding tert-OH is 2. The van der Waals surface area contributed by atoms with Gasteiger partial charge in [-0.1, -0.05) is 0 Å². The molecule has 6 heteroatoms. The quantitative estimate of drug-likeness (QED) is 0.285. The third-order valence-electron chi connectivity index (χ3n) is 3.61. The lowest BCUT2D eigenvalue weighted by atomic mass is 10.4. The summed E-state index contributed by atoms with van der Waals surface area (Å²) < 4.78 is 0.981. The second-order valence-corrected chi connectivity index (χ2v) is 6.19. The van der Waals surface area contributed by atoms with Crippen molar-refractivity contribution in [2.45, 2.75) is 0 Å². The number of rotatable bonds is 13. The SMILES string of the molecule is CN(CCO)CCN(C)CC[N+](C)(C)CCNCCO. The average molecular weight is 291 g/mol. The monoisotopic (exact) mass is 291 g/mol. The van der Waals surface area contributed by atoms with Gasteiger partial charge in [-0.15, -0.1) is 0 Å². The molecule has 0 aromatic carbocycles. The Hall–Kier alpha value is -0.240. The van der Waals surface area contributed by atoms with Crippen molar-refractivity contribution in [3.05, 3.63) is 0 Å². The van der Waals surface area contributed by atoms with Crippen LogP contribution in [0.3, 0.4) is 0 Å². The summed E-state index contributed by atoms with van der Waals surface area (Å²) in [7, 11) is 8.67. The van der Waals surface area contributed by atoms with Gasteiger partial charge in [0, 0.05) is 39.3 Å². The zero-order valence-corrected chi connectivity index (χ0v) is 13.8. The van der Waals surface area contributed by atoms with Crippen molar-refractivity contribution in [1.82, 2.24) is 15.1 Å². The Labute approximate surface area is 124 Å². The molecule has 0 heterocycles. The number of hydrogen-bond acceptors (Lipinski definition) is 5. The minimum atomic E-state index is 0.206. The van der Waals surface area contributed by atoms with Crippen molar-refractivity contribution in [3.8, 4) is 0 Å². The van der Waals surface area contributed by atoms with E-state index in [0.717, 1.165) is 50.3 Å². The Morgan fingerprint density at radius 3 is 1.95 bits per heavy atom. The minimum absolute atomic E-state index is 0.206. The van der Waals surface area contributed by atoms with E-state index in [1.54, 1.807) is 0 Å². The summed E-state index contributed by atoms with van der Waals surface area (Å²) in [6.07, 6.45) is 0. The summed E-state index contributed by atoms with van der Waals surface area (Å²) in [5.41, 5.74) is 0. The highest BCUT2D eigenvalue weighted by Gasteiger charge is 2.15. The highest BCUT2D eigenvalue weighted by atomic mass is 16.3. The maximum absolute atomic E-state index is 8.85.